The third kappa shape index (κ3) is 4.08. The summed E-state index contributed by atoms with van der Waals surface area (Å²) in [4.78, 5) is 38.8. The first-order valence-electron chi connectivity index (χ1n) is 10.2. The van der Waals surface area contributed by atoms with Crippen LogP contribution >= 0.6 is 0 Å². The number of carbonyl (C=O) groups excluding carboxylic acids is 2. The number of amides is 1. The first-order chi connectivity index (χ1) is 15.9. The van der Waals surface area contributed by atoms with Gasteiger partial charge < -0.3 is 19.8 Å². The van der Waals surface area contributed by atoms with E-state index in [2.05, 4.69) is 0 Å². The van der Waals surface area contributed by atoms with Crippen LogP contribution in [0.1, 0.15) is 33.1 Å². The van der Waals surface area contributed by atoms with E-state index in [1.807, 2.05) is 0 Å². The van der Waals surface area contributed by atoms with Gasteiger partial charge in [-0.05, 0) is 23.8 Å². The molecule has 1 aliphatic rings. The highest BCUT2D eigenvalue weighted by atomic mass is 16.5. The van der Waals surface area contributed by atoms with Gasteiger partial charge in [0.15, 0.2) is 0 Å². The number of carbonyl (C=O) groups is 3. The molecule has 1 amide bonds. The second kappa shape index (κ2) is 9.00. The number of ketones is 1. The van der Waals surface area contributed by atoms with Crippen LogP contribution in [-0.4, -0.2) is 39.9 Å². The number of aliphatic hydroxyl groups excluding tert-OH is 1. The number of Topliss-reactive ketones (excluding diaryl/α,β-unsaturated/α-hetero) is 1. The zero-order valence-electron chi connectivity index (χ0n) is 17.8. The summed E-state index contributed by atoms with van der Waals surface area (Å²) < 4.78 is 5.48. The predicted octanol–water partition coefficient (Wildman–Crippen LogP) is 4.02. The number of carboxylic acid groups (broad SMARTS) is 1. The minimum Gasteiger partial charge on any atom is -0.507 e. The number of para-hydroxylation sites is 1. The molecule has 0 radical (unpaired) electrons. The van der Waals surface area contributed by atoms with Crippen molar-refractivity contribution in [2.45, 2.75) is 12.6 Å². The molecule has 0 aliphatic carbocycles. The first-order valence-corrected chi connectivity index (χ1v) is 10.2. The number of benzene rings is 3. The highest BCUT2D eigenvalue weighted by Gasteiger charge is 2.47. The van der Waals surface area contributed by atoms with Crippen molar-refractivity contribution in [3.05, 3.63) is 107 Å². The molecule has 7 heteroatoms. The van der Waals surface area contributed by atoms with E-state index in [4.69, 9.17) is 9.84 Å². The van der Waals surface area contributed by atoms with Gasteiger partial charge in [0.2, 0.25) is 0 Å². The molecule has 33 heavy (non-hydrogen) atoms. The van der Waals surface area contributed by atoms with E-state index in [0.717, 1.165) is 0 Å². The third-order valence-electron chi connectivity index (χ3n) is 5.57. The van der Waals surface area contributed by atoms with Crippen molar-refractivity contribution in [3.8, 4) is 5.75 Å². The zero-order valence-corrected chi connectivity index (χ0v) is 17.8. The van der Waals surface area contributed by atoms with Gasteiger partial charge in [0, 0.05) is 17.7 Å². The summed E-state index contributed by atoms with van der Waals surface area (Å²) in [5, 5.41) is 20.2. The fraction of sp³-hybridized carbons (Fsp3) is 0.115. The molecule has 1 saturated heterocycles. The fourth-order valence-electron chi connectivity index (χ4n) is 3.96. The van der Waals surface area contributed by atoms with Gasteiger partial charge in [0.1, 0.15) is 11.5 Å². The Morgan fingerprint density at radius 1 is 0.879 bits per heavy atom. The fourth-order valence-corrected chi connectivity index (χ4v) is 3.96. The second-order valence-electron chi connectivity index (χ2n) is 7.54. The molecule has 1 aliphatic heterocycles. The number of methoxy groups -OCH3 is 1. The van der Waals surface area contributed by atoms with Crippen LogP contribution in [0.2, 0.25) is 0 Å². The Balaban J connectivity index is 1.85. The van der Waals surface area contributed by atoms with Crippen LogP contribution in [0.15, 0.2) is 84.4 Å². The van der Waals surface area contributed by atoms with E-state index in [1.54, 1.807) is 66.7 Å². The monoisotopic (exact) mass is 443 g/mol. The van der Waals surface area contributed by atoms with E-state index in [0.29, 0.717) is 22.4 Å². The molecule has 4 rings (SSSR count). The van der Waals surface area contributed by atoms with Crippen molar-refractivity contribution in [1.29, 1.82) is 0 Å². The smallest absolute Gasteiger partial charge is 0.335 e. The van der Waals surface area contributed by atoms with Crippen LogP contribution in [0.5, 0.6) is 5.75 Å². The molecule has 0 aromatic heterocycles. The number of ether oxygens (including phenoxy) is 1. The van der Waals surface area contributed by atoms with Gasteiger partial charge in [-0.1, -0.05) is 60.7 Å². The number of nitrogens with zero attached hydrogens (tertiary/aromatic N) is 1. The van der Waals surface area contributed by atoms with E-state index < -0.39 is 23.7 Å². The Morgan fingerprint density at radius 2 is 1.52 bits per heavy atom. The molecular weight excluding hydrogens is 422 g/mol. The number of carboxylic acids is 1. The van der Waals surface area contributed by atoms with Gasteiger partial charge >= 0.3 is 5.97 Å². The quantitative estimate of drug-likeness (QED) is 0.339. The lowest BCUT2D eigenvalue weighted by molar-refractivity contribution is -0.140. The molecule has 3 aromatic carbocycles. The lowest BCUT2D eigenvalue weighted by Crippen LogP contribution is -2.29. The van der Waals surface area contributed by atoms with Crippen LogP contribution in [0.4, 0.5) is 0 Å². The average Bonchev–Trinajstić information content (AvgIpc) is 3.09. The number of hydrogen-bond acceptors (Lipinski definition) is 5. The summed E-state index contributed by atoms with van der Waals surface area (Å²) >= 11 is 0. The molecule has 1 atom stereocenters. The Kier molecular flexibility index (Phi) is 5.95. The standard InChI is InChI=1S/C26H21NO6/c1-33-20-10-6-5-9-19(20)22-21(23(28)17-7-3-2-4-8-17)24(29)25(30)27(22)15-16-11-13-18(14-12-16)26(31)32/h2-14,22,28H,15H2,1H3,(H,31,32)/b23-21+. The molecule has 1 heterocycles. The number of hydrogen-bond donors (Lipinski definition) is 2. The molecule has 166 valence electrons. The van der Waals surface area contributed by atoms with Crippen molar-refractivity contribution in [2.24, 2.45) is 0 Å². The van der Waals surface area contributed by atoms with Gasteiger partial charge in [-0.3, -0.25) is 9.59 Å². The van der Waals surface area contributed by atoms with Crippen LogP contribution in [0.25, 0.3) is 5.76 Å². The van der Waals surface area contributed by atoms with Crippen molar-refractivity contribution < 1.29 is 29.3 Å². The third-order valence-corrected chi connectivity index (χ3v) is 5.57. The number of aliphatic hydroxyl groups is 1. The van der Waals surface area contributed by atoms with Crippen molar-refractivity contribution in [3.63, 3.8) is 0 Å². The SMILES string of the molecule is COc1ccccc1C1/C(=C(\O)c2ccccc2)C(=O)C(=O)N1Cc1ccc(C(=O)O)cc1. The van der Waals surface area contributed by atoms with Gasteiger partial charge in [-0.2, -0.15) is 0 Å². The summed E-state index contributed by atoms with van der Waals surface area (Å²) in [6.07, 6.45) is 0. The molecular formula is C26H21NO6. The average molecular weight is 443 g/mol. The molecule has 0 spiro atoms. The van der Waals surface area contributed by atoms with Crippen molar-refractivity contribution in [1.82, 2.24) is 4.90 Å². The molecule has 1 fully saturated rings. The lowest BCUT2D eigenvalue weighted by Gasteiger charge is -2.26. The lowest BCUT2D eigenvalue weighted by atomic mass is 9.94. The molecule has 2 N–H and O–H groups in total. The minimum atomic E-state index is -1.06. The Morgan fingerprint density at radius 3 is 2.15 bits per heavy atom. The summed E-state index contributed by atoms with van der Waals surface area (Å²) in [7, 11) is 1.49. The largest absolute Gasteiger partial charge is 0.507 e. The van der Waals surface area contributed by atoms with Gasteiger partial charge in [0.25, 0.3) is 11.7 Å². The van der Waals surface area contributed by atoms with Crippen molar-refractivity contribution in [2.75, 3.05) is 7.11 Å². The predicted molar refractivity (Wildman–Crippen MR) is 121 cm³/mol. The maximum absolute atomic E-state index is 13.1. The summed E-state index contributed by atoms with van der Waals surface area (Å²) in [5.74, 6) is -2.41. The van der Waals surface area contributed by atoms with E-state index >= 15 is 0 Å². The normalized spacial score (nSPS) is 17.2. The highest BCUT2D eigenvalue weighted by molar-refractivity contribution is 6.46. The van der Waals surface area contributed by atoms with E-state index in [9.17, 15) is 19.5 Å². The Hall–Kier alpha value is -4.39. The zero-order chi connectivity index (χ0) is 23.5. The number of rotatable bonds is 6. The highest BCUT2D eigenvalue weighted by Crippen LogP contribution is 2.43. The Bertz CT molecular complexity index is 1250. The molecule has 3 aromatic rings. The summed E-state index contributed by atoms with van der Waals surface area (Å²) in [6, 6.07) is 20.8. The topological polar surface area (TPSA) is 104 Å². The summed E-state index contributed by atoms with van der Waals surface area (Å²) in [6.45, 7) is 0.0404. The molecule has 1 unspecified atom stereocenters. The number of aromatic carboxylic acids is 1. The molecule has 7 nitrogen and oxygen atoms in total. The van der Waals surface area contributed by atoms with Crippen LogP contribution in [0, 0.1) is 0 Å². The maximum Gasteiger partial charge on any atom is 0.335 e. The van der Waals surface area contributed by atoms with E-state index in [-0.39, 0.29) is 23.4 Å². The van der Waals surface area contributed by atoms with Crippen molar-refractivity contribution >= 4 is 23.4 Å². The summed E-state index contributed by atoms with van der Waals surface area (Å²) in [5.41, 5.74) is 1.70. The van der Waals surface area contributed by atoms with Crippen LogP contribution in [0.3, 0.4) is 0 Å². The van der Waals surface area contributed by atoms with Crippen LogP contribution < -0.4 is 4.74 Å². The Labute approximate surface area is 190 Å². The number of likely N-dealkylation sites (tertiary alicyclic amines) is 1. The van der Waals surface area contributed by atoms with Crippen LogP contribution in [-0.2, 0) is 16.1 Å². The maximum atomic E-state index is 13.1. The second-order valence-corrected chi connectivity index (χ2v) is 7.54. The van der Waals surface area contributed by atoms with Gasteiger partial charge in [-0.25, -0.2) is 4.79 Å². The molecule has 0 bridgehead atoms. The molecule has 0 saturated carbocycles. The first kappa shape index (κ1) is 21.8. The van der Waals surface area contributed by atoms with Gasteiger partial charge in [-0.15, -0.1) is 0 Å². The van der Waals surface area contributed by atoms with E-state index in [1.165, 1.54) is 24.1 Å². The van der Waals surface area contributed by atoms with Gasteiger partial charge in [0.05, 0.1) is 24.3 Å². The minimum absolute atomic E-state index is 0.0298.